The molecule has 2 aromatic heterocycles. The average Bonchev–Trinajstić information content (AvgIpc) is 2.93. The average molecular weight is 304 g/mol. The van der Waals surface area contributed by atoms with Crippen LogP contribution in [-0.4, -0.2) is 33.9 Å². The maximum absolute atomic E-state index is 12.5. The molecule has 0 fully saturated rings. The molecule has 0 saturated heterocycles. The molecule has 2 N–H and O–H groups in total. The summed E-state index contributed by atoms with van der Waals surface area (Å²) in [7, 11) is 0. The van der Waals surface area contributed by atoms with Crippen LogP contribution >= 0.6 is 11.3 Å². The first-order valence-corrected chi connectivity index (χ1v) is 7.88. The third-order valence-corrected chi connectivity index (χ3v) is 4.01. The molecule has 6 heteroatoms. The summed E-state index contributed by atoms with van der Waals surface area (Å²) >= 11 is 1.48. The van der Waals surface area contributed by atoms with Crippen LogP contribution in [0.2, 0.25) is 0 Å². The van der Waals surface area contributed by atoms with Gasteiger partial charge in [-0.05, 0) is 32.5 Å². The van der Waals surface area contributed by atoms with Crippen LogP contribution in [0.25, 0.3) is 0 Å². The highest BCUT2D eigenvalue weighted by atomic mass is 32.1. The number of hydrogen-bond acceptors (Lipinski definition) is 5. The van der Waals surface area contributed by atoms with Gasteiger partial charge in [0.1, 0.15) is 5.69 Å². The number of nitrogens with zero attached hydrogens (tertiary/aromatic N) is 3. The van der Waals surface area contributed by atoms with Crippen LogP contribution in [0, 0.1) is 6.92 Å². The van der Waals surface area contributed by atoms with Gasteiger partial charge >= 0.3 is 0 Å². The van der Waals surface area contributed by atoms with E-state index < -0.39 is 0 Å². The van der Waals surface area contributed by atoms with Crippen LogP contribution in [0.3, 0.4) is 0 Å². The molecule has 2 rings (SSSR count). The fraction of sp³-hybridized carbons (Fsp3) is 0.400. The van der Waals surface area contributed by atoms with Crippen LogP contribution in [-0.2, 0) is 13.0 Å². The zero-order valence-electron chi connectivity index (χ0n) is 12.4. The monoisotopic (exact) mass is 304 g/mol. The lowest BCUT2D eigenvalue weighted by Crippen LogP contribution is -2.31. The second-order valence-corrected chi connectivity index (χ2v) is 5.70. The lowest BCUT2D eigenvalue weighted by Gasteiger charge is -2.19. The van der Waals surface area contributed by atoms with Gasteiger partial charge in [0, 0.05) is 24.0 Å². The smallest absolute Gasteiger partial charge is 0.273 e. The molecular weight excluding hydrogens is 284 g/mol. The van der Waals surface area contributed by atoms with Crippen molar-refractivity contribution < 1.29 is 4.79 Å². The number of carbonyl (C=O) groups excluding carboxylic acids is 1. The van der Waals surface area contributed by atoms with E-state index in [9.17, 15) is 4.79 Å². The van der Waals surface area contributed by atoms with E-state index in [0.717, 1.165) is 16.4 Å². The second-order valence-electron chi connectivity index (χ2n) is 4.75. The summed E-state index contributed by atoms with van der Waals surface area (Å²) in [5, 5.41) is 2.71. The summed E-state index contributed by atoms with van der Waals surface area (Å²) in [6.45, 7) is 5.58. The molecule has 0 aliphatic heterocycles. The van der Waals surface area contributed by atoms with E-state index in [1.165, 1.54) is 11.3 Å². The SMILES string of the molecule is CCN(Cc1cccc(C)n1)C(=O)c1csc(CCN)n1. The molecule has 0 atom stereocenters. The summed E-state index contributed by atoms with van der Waals surface area (Å²) in [5.74, 6) is -0.0553. The van der Waals surface area contributed by atoms with Crippen molar-refractivity contribution in [1.29, 1.82) is 0 Å². The number of hydrogen-bond donors (Lipinski definition) is 1. The van der Waals surface area contributed by atoms with E-state index in [4.69, 9.17) is 5.73 Å². The Balaban J connectivity index is 2.10. The van der Waals surface area contributed by atoms with E-state index in [1.54, 1.807) is 10.3 Å². The van der Waals surface area contributed by atoms with E-state index in [-0.39, 0.29) is 5.91 Å². The van der Waals surface area contributed by atoms with Crippen molar-refractivity contribution >= 4 is 17.2 Å². The number of aromatic nitrogens is 2. The van der Waals surface area contributed by atoms with Gasteiger partial charge in [0.25, 0.3) is 5.91 Å². The fourth-order valence-corrected chi connectivity index (χ4v) is 2.81. The molecule has 0 aromatic carbocycles. The number of thiazole rings is 1. The van der Waals surface area contributed by atoms with Crippen molar-refractivity contribution in [2.24, 2.45) is 5.73 Å². The summed E-state index contributed by atoms with van der Waals surface area (Å²) in [4.78, 5) is 23.0. The molecule has 2 heterocycles. The van der Waals surface area contributed by atoms with E-state index in [2.05, 4.69) is 9.97 Å². The number of carbonyl (C=O) groups is 1. The van der Waals surface area contributed by atoms with Gasteiger partial charge in [-0.1, -0.05) is 6.07 Å². The third kappa shape index (κ3) is 4.09. The normalized spacial score (nSPS) is 10.6. The fourth-order valence-electron chi connectivity index (χ4n) is 2.02. The molecule has 0 saturated carbocycles. The van der Waals surface area contributed by atoms with Crippen LogP contribution in [0.1, 0.15) is 33.8 Å². The summed E-state index contributed by atoms with van der Waals surface area (Å²) in [5.41, 5.74) is 7.85. The van der Waals surface area contributed by atoms with Gasteiger partial charge < -0.3 is 10.6 Å². The zero-order valence-corrected chi connectivity index (χ0v) is 13.2. The van der Waals surface area contributed by atoms with Crippen molar-refractivity contribution in [3.8, 4) is 0 Å². The van der Waals surface area contributed by atoms with Crippen molar-refractivity contribution in [2.45, 2.75) is 26.8 Å². The van der Waals surface area contributed by atoms with Gasteiger partial charge in [-0.25, -0.2) is 4.98 Å². The molecule has 0 spiro atoms. The standard InChI is InChI=1S/C15H20N4OS/c1-3-19(9-12-6-4-5-11(2)17-12)15(20)13-10-21-14(18-13)7-8-16/h4-6,10H,3,7-9,16H2,1-2H3. The lowest BCUT2D eigenvalue weighted by molar-refractivity contribution is 0.0745. The van der Waals surface area contributed by atoms with E-state index in [1.807, 2.05) is 32.0 Å². The van der Waals surface area contributed by atoms with Crippen LogP contribution in [0.4, 0.5) is 0 Å². The van der Waals surface area contributed by atoms with Crippen molar-refractivity contribution in [2.75, 3.05) is 13.1 Å². The minimum absolute atomic E-state index is 0.0553. The summed E-state index contributed by atoms with van der Waals surface area (Å²) in [6.07, 6.45) is 0.712. The Morgan fingerprint density at radius 1 is 1.38 bits per heavy atom. The predicted molar refractivity (Wildman–Crippen MR) is 84.3 cm³/mol. The first-order chi connectivity index (χ1) is 10.1. The zero-order chi connectivity index (χ0) is 15.2. The molecule has 0 aliphatic carbocycles. The molecule has 1 amide bonds. The van der Waals surface area contributed by atoms with Gasteiger partial charge in [-0.2, -0.15) is 0 Å². The highest BCUT2D eigenvalue weighted by molar-refractivity contribution is 7.09. The number of amides is 1. The Hall–Kier alpha value is -1.79. The quantitative estimate of drug-likeness (QED) is 0.886. The van der Waals surface area contributed by atoms with Crippen LogP contribution in [0.5, 0.6) is 0 Å². The van der Waals surface area contributed by atoms with Crippen molar-refractivity contribution in [3.05, 3.63) is 45.7 Å². The maximum Gasteiger partial charge on any atom is 0.273 e. The molecule has 21 heavy (non-hydrogen) atoms. The van der Waals surface area contributed by atoms with Crippen LogP contribution in [0.15, 0.2) is 23.6 Å². The van der Waals surface area contributed by atoms with Gasteiger partial charge in [-0.15, -0.1) is 11.3 Å². The molecular formula is C15H20N4OS. The predicted octanol–water partition coefficient (Wildman–Crippen LogP) is 2.01. The highest BCUT2D eigenvalue weighted by Crippen LogP contribution is 2.14. The molecule has 2 aromatic rings. The first-order valence-electron chi connectivity index (χ1n) is 7.00. The topological polar surface area (TPSA) is 72.1 Å². The molecule has 5 nitrogen and oxygen atoms in total. The van der Waals surface area contributed by atoms with Gasteiger partial charge in [-0.3, -0.25) is 9.78 Å². The number of rotatable bonds is 6. The Labute approximate surface area is 128 Å². The molecule has 0 bridgehead atoms. The van der Waals surface area contributed by atoms with Crippen LogP contribution < -0.4 is 5.73 Å². The Morgan fingerprint density at radius 3 is 2.86 bits per heavy atom. The van der Waals surface area contributed by atoms with Gasteiger partial charge in [0.05, 0.1) is 17.2 Å². The Kier molecular flexibility index (Phi) is 5.41. The van der Waals surface area contributed by atoms with E-state index >= 15 is 0 Å². The van der Waals surface area contributed by atoms with Crippen molar-refractivity contribution in [3.63, 3.8) is 0 Å². The summed E-state index contributed by atoms with van der Waals surface area (Å²) in [6, 6.07) is 5.84. The highest BCUT2D eigenvalue weighted by Gasteiger charge is 2.18. The minimum Gasteiger partial charge on any atom is -0.332 e. The van der Waals surface area contributed by atoms with Gasteiger partial charge in [0.15, 0.2) is 0 Å². The Morgan fingerprint density at radius 2 is 2.19 bits per heavy atom. The Bertz CT molecular complexity index is 611. The molecule has 0 unspecified atom stereocenters. The largest absolute Gasteiger partial charge is 0.332 e. The molecule has 0 aliphatic rings. The number of pyridine rings is 1. The third-order valence-electron chi connectivity index (χ3n) is 3.10. The van der Waals surface area contributed by atoms with E-state index in [0.29, 0.717) is 31.7 Å². The molecule has 112 valence electrons. The number of aryl methyl sites for hydroxylation is 1. The second kappa shape index (κ2) is 7.28. The maximum atomic E-state index is 12.5. The number of nitrogens with two attached hydrogens (primary N) is 1. The lowest BCUT2D eigenvalue weighted by atomic mass is 10.3. The summed E-state index contributed by atoms with van der Waals surface area (Å²) < 4.78 is 0. The molecule has 0 radical (unpaired) electrons. The van der Waals surface area contributed by atoms with Crippen molar-refractivity contribution in [1.82, 2.24) is 14.9 Å². The first kappa shape index (κ1) is 15.6. The van der Waals surface area contributed by atoms with Gasteiger partial charge in [0.2, 0.25) is 0 Å². The minimum atomic E-state index is -0.0553.